The number of amides is 1. The summed E-state index contributed by atoms with van der Waals surface area (Å²) in [7, 11) is 0. The molecule has 28 heavy (non-hydrogen) atoms. The Kier molecular flexibility index (Phi) is 9.25. The van der Waals surface area contributed by atoms with E-state index in [1.165, 1.54) is 23.9 Å². The Labute approximate surface area is 182 Å². The normalized spacial score (nSPS) is 11.6. The van der Waals surface area contributed by atoms with E-state index in [2.05, 4.69) is 5.32 Å². The Balaban J connectivity index is 2.01. The fraction of sp³-hybridized carbons (Fsp3) is 0.263. The van der Waals surface area contributed by atoms with Crippen LogP contribution in [0.4, 0.5) is 4.79 Å². The second-order valence-electron chi connectivity index (χ2n) is 5.66. The van der Waals surface area contributed by atoms with Crippen LogP contribution in [0.1, 0.15) is 12.0 Å². The van der Waals surface area contributed by atoms with E-state index in [4.69, 9.17) is 44.3 Å². The van der Waals surface area contributed by atoms with Gasteiger partial charge in [0, 0.05) is 5.02 Å². The average molecular weight is 463 g/mol. The molecule has 0 radical (unpaired) electrons. The highest BCUT2D eigenvalue weighted by molar-refractivity contribution is 7.98. The lowest BCUT2D eigenvalue weighted by Crippen LogP contribution is -2.43. The predicted molar refractivity (Wildman–Crippen MR) is 114 cm³/mol. The summed E-state index contributed by atoms with van der Waals surface area (Å²) in [5, 5.41) is 3.04. The quantitative estimate of drug-likeness (QED) is 0.408. The smallest absolute Gasteiger partial charge is 0.408 e. The van der Waals surface area contributed by atoms with Crippen LogP contribution >= 0.6 is 46.6 Å². The van der Waals surface area contributed by atoms with Gasteiger partial charge in [0.25, 0.3) is 0 Å². The third-order valence-electron chi connectivity index (χ3n) is 3.57. The van der Waals surface area contributed by atoms with Crippen LogP contribution in [0, 0.1) is 0 Å². The molecule has 9 heteroatoms. The van der Waals surface area contributed by atoms with Crippen LogP contribution in [0.25, 0.3) is 0 Å². The monoisotopic (exact) mass is 461 g/mol. The molecule has 0 saturated heterocycles. The van der Waals surface area contributed by atoms with E-state index in [0.29, 0.717) is 17.2 Å². The number of carbonyl (C=O) groups is 2. The average Bonchev–Trinajstić information content (AvgIpc) is 2.67. The summed E-state index contributed by atoms with van der Waals surface area (Å²) in [5.41, 5.74) is 0.834. The minimum Gasteiger partial charge on any atom is -0.445 e. The molecule has 0 aromatic heterocycles. The van der Waals surface area contributed by atoms with Crippen LogP contribution in [0.2, 0.25) is 15.1 Å². The Hall–Kier alpha value is -1.60. The zero-order valence-corrected chi connectivity index (χ0v) is 18.0. The molecule has 2 aromatic rings. The molecular formula is C19H18Cl3NO4S. The van der Waals surface area contributed by atoms with E-state index in [0.717, 1.165) is 5.56 Å². The molecule has 2 rings (SSSR count). The minimum atomic E-state index is -0.918. The van der Waals surface area contributed by atoms with E-state index >= 15 is 0 Å². The largest absolute Gasteiger partial charge is 0.445 e. The van der Waals surface area contributed by atoms with Gasteiger partial charge < -0.3 is 14.8 Å². The van der Waals surface area contributed by atoms with E-state index in [1.807, 2.05) is 36.6 Å². The van der Waals surface area contributed by atoms with Crippen molar-refractivity contribution >= 4 is 58.6 Å². The van der Waals surface area contributed by atoms with Crippen molar-refractivity contribution in [2.45, 2.75) is 19.1 Å². The van der Waals surface area contributed by atoms with E-state index < -0.39 is 18.1 Å². The van der Waals surface area contributed by atoms with Gasteiger partial charge in [0.2, 0.25) is 0 Å². The van der Waals surface area contributed by atoms with Crippen molar-refractivity contribution in [3.05, 3.63) is 63.1 Å². The first kappa shape index (κ1) is 22.7. The van der Waals surface area contributed by atoms with Crippen LogP contribution in [0.3, 0.4) is 0 Å². The fourth-order valence-corrected chi connectivity index (χ4v) is 3.56. The highest BCUT2D eigenvalue weighted by atomic mass is 35.5. The van der Waals surface area contributed by atoms with Crippen LogP contribution in [-0.4, -0.2) is 30.1 Å². The molecule has 150 valence electrons. The molecule has 1 atom stereocenters. The SMILES string of the molecule is CSCC[C@H](NC(=O)OCc1ccccc1)C(=O)Oc1c(Cl)cc(Cl)cc1Cl. The Morgan fingerprint density at radius 2 is 1.75 bits per heavy atom. The molecule has 0 heterocycles. The number of nitrogens with one attached hydrogen (secondary N) is 1. The van der Waals surface area contributed by atoms with Gasteiger partial charge in [-0.25, -0.2) is 9.59 Å². The lowest BCUT2D eigenvalue weighted by atomic mass is 10.2. The van der Waals surface area contributed by atoms with Gasteiger partial charge >= 0.3 is 12.1 Å². The molecule has 0 aliphatic carbocycles. The maximum atomic E-state index is 12.6. The van der Waals surface area contributed by atoms with Gasteiger partial charge in [0.15, 0.2) is 5.75 Å². The van der Waals surface area contributed by atoms with E-state index in [9.17, 15) is 9.59 Å². The first-order chi connectivity index (χ1) is 13.4. The maximum Gasteiger partial charge on any atom is 0.408 e. The molecule has 5 nitrogen and oxygen atoms in total. The van der Waals surface area contributed by atoms with E-state index in [-0.39, 0.29) is 22.4 Å². The van der Waals surface area contributed by atoms with Crippen LogP contribution in [0.5, 0.6) is 5.75 Å². The van der Waals surface area contributed by atoms with Crippen LogP contribution in [-0.2, 0) is 16.1 Å². The molecule has 0 spiro atoms. The number of carbonyl (C=O) groups excluding carboxylic acids is 2. The number of alkyl carbamates (subject to hydrolysis) is 1. The number of hydrogen-bond acceptors (Lipinski definition) is 5. The lowest BCUT2D eigenvalue weighted by Gasteiger charge is -2.18. The molecule has 1 N–H and O–H groups in total. The summed E-state index contributed by atoms with van der Waals surface area (Å²) < 4.78 is 10.5. The van der Waals surface area contributed by atoms with Gasteiger partial charge in [0.05, 0.1) is 10.0 Å². The molecule has 0 bridgehead atoms. The third kappa shape index (κ3) is 7.09. The van der Waals surface area contributed by atoms with Crippen molar-refractivity contribution in [1.82, 2.24) is 5.32 Å². The highest BCUT2D eigenvalue weighted by Gasteiger charge is 2.25. The number of hydrogen-bond donors (Lipinski definition) is 1. The van der Waals surface area contributed by atoms with Gasteiger partial charge in [-0.15, -0.1) is 0 Å². The zero-order chi connectivity index (χ0) is 20.5. The summed E-state index contributed by atoms with van der Waals surface area (Å²) in [4.78, 5) is 24.7. The molecule has 2 aromatic carbocycles. The highest BCUT2D eigenvalue weighted by Crippen LogP contribution is 2.36. The zero-order valence-electron chi connectivity index (χ0n) is 14.9. The molecule has 0 aliphatic rings. The number of thioether (sulfide) groups is 1. The first-order valence-corrected chi connectivity index (χ1v) is 10.8. The number of benzene rings is 2. The number of esters is 1. The van der Waals surface area contributed by atoms with Crippen molar-refractivity contribution in [2.75, 3.05) is 12.0 Å². The topological polar surface area (TPSA) is 64.6 Å². The van der Waals surface area contributed by atoms with Gasteiger partial charge in [-0.05, 0) is 36.1 Å². The number of halogens is 3. The summed E-state index contributed by atoms with van der Waals surface area (Å²) in [6.07, 6.45) is 1.52. The number of rotatable bonds is 8. The van der Waals surface area contributed by atoms with Crippen molar-refractivity contribution in [3.63, 3.8) is 0 Å². The Bertz CT molecular complexity index is 797. The Morgan fingerprint density at radius 3 is 2.36 bits per heavy atom. The second kappa shape index (κ2) is 11.4. The van der Waals surface area contributed by atoms with Gasteiger partial charge in [-0.2, -0.15) is 11.8 Å². The van der Waals surface area contributed by atoms with Crippen LogP contribution < -0.4 is 10.1 Å². The predicted octanol–water partition coefficient (Wildman–Crippen LogP) is 5.60. The molecule has 0 saturated carbocycles. The lowest BCUT2D eigenvalue weighted by molar-refractivity contribution is -0.136. The molecule has 1 amide bonds. The third-order valence-corrected chi connectivity index (χ3v) is 4.99. The second-order valence-corrected chi connectivity index (χ2v) is 7.90. The summed E-state index contributed by atoms with van der Waals surface area (Å²) >= 11 is 19.5. The van der Waals surface area contributed by atoms with Crippen molar-refractivity contribution in [2.24, 2.45) is 0 Å². The molecular weight excluding hydrogens is 445 g/mol. The number of ether oxygens (including phenoxy) is 2. The van der Waals surface area contributed by atoms with Gasteiger partial charge in [-0.3, -0.25) is 0 Å². The van der Waals surface area contributed by atoms with Crippen molar-refractivity contribution in [3.8, 4) is 5.75 Å². The molecule has 0 aliphatic heterocycles. The van der Waals surface area contributed by atoms with Gasteiger partial charge in [-0.1, -0.05) is 65.1 Å². The fourth-order valence-electron chi connectivity index (χ4n) is 2.19. The van der Waals surface area contributed by atoms with Crippen molar-refractivity contribution < 1.29 is 19.1 Å². The van der Waals surface area contributed by atoms with Gasteiger partial charge in [0.1, 0.15) is 12.6 Å². The maximum absolute atomic E-state index is 12.6. The standard InChI is InChI=1S/C19H18Cl3NO4S/c1-28-8-7-16(23-19(25)26-11-12-5-3-2-4-6-12)18(24)27-17-14(21)9-13(20)10-15(17)22/h2-6,9-10,16H,7-8,11H2,1H3,(H,23,25)/t16-/m0/s1. The van der Waals surface area contributed by atoms with Crippen LogP contribution in [0.15, 0.2) is 42.5 Å². The van der Waals surface area contributed by atoms with E-state index in [1.54, 1.807) is 0 Å². The summed E-state index contributed by atoms with van der Waals surface area (Å²) in [6, 6.07) is 11.1. The summed E-state index contributed by atoms with van der Waals surface area (Å²) in [6.45, 7) is 0.0891. The molecule has 0 unspecified atom stereocenters. The first-order valence-electron chi connectivity index (χ1n) is 8.23. The summed E-state index contributed by atoms with van der Waals surface area (Å²) in [5.74, 6) is -0.0796. The Morgan fingerprint density at radius 1 is 1.11 bits per heavy atom. The van der Waals surface area contributed by atoms with Crippen molar-refractivity contribution in [1.29, 1.82) is 0 Å². The molecule has 0 fully saturated rings. The minimum absolute atomic E-state index is 0.00802.